The van der Waals surface area contributed by atoms with Crippen LogP contribution in [0.4, 0.5) is 4.39 Å². The van der Waals surface area contributed by atoms with E-state index in [0.29, 0.717) is 35.9 Å². The van der Waals surface area contributed by atoms with E-state index in [1.165, 1.54) is 36.4 Å². The molecule has 0 unspecified atom stereocenters. The molecule has 0 saturated carbocycles. The van der Waals surface area contributed by atoms with Crippen molar-refractivity contribution in [2.24, 2.45) is 0 Å². The second-order valence-electron chi connectivity index (χ2n) is 8.26. The summed E-state index contributed by atoms with van der Waals surface area (Å²) in [7, 11) is -3.69. The van der Waals surface area contributed by atoms with E-state index in [0.717, 1.165) is 17.5 Å². The molecular weight excluding hydrogens is 514 g/mol. The highest BCUT2D eigenvalue weighted by molar-refractivity contribution is 7.89. The van der Waals surface area contributed by atoms with E-state index in [9.17, 15) is 17.6 Å². The topological polar surface area (TPSA) is 75.7 Å². The first-order valence-corrected chi connectivity index (χ1v) is 13.6. The summed E-state index contributed by atoms with van der Waals surface area (Å²) in [6.07, 6.45) is 6.41. The SMILES string of the molecule is C#CCNS(=O)(=O)c1ccc(CCN(Cc2cc(Cl)ccc2OCCC)C(=O)c2ccc([18F])cc2)cc1. The molecule has 0 aliphatic carbocycles. The Bertz CT molecular complexity index is 1350. The van der Waals surface area contributed by atoms with Gasteiger partial charge < -0.3 is 9.64 Å². The molecule has 1 amide bonds. The van der Waals surface area contributed by atoms with Crippen LogP contribution in [0.15, 0.2) is 71.6 Å². The molecular formula is C28H28ClFN2O4S. The predicted octanol–water partition coefficient (Wildman–Crippen LogP) is 5.06. The molecule has 0 aliphatic rings. The molecule has 0 aliphatic heterocycles. The van der Waals surface area contributed by atoms with Gasteiger partial charge in [0.25, 0.3) is 5.91 Å². The Morgan fingerprint density at radius 3 is 2.46 bits per heavy atom. The number of terminal acetylenes is 1. The number of hydrogen-bond donors (Lipinski definition) is 1. The summed E-state index contributed by atoms with van der Waals surface area (Å²) >= 11 is 6.24. The number of benzene rings is 3. The van der Waals surface area contributed by atoms with E-state index >= 15 is 0 Å². The van der Waals surface area contributed by atoms with Gasteiger partial charge in [-0.2, -0.15) is 4.72 Å². The molecule has 0 atom stereocenters. The number of halogens is 2. The van der Waals surface area contributed by atoms with E-state index < -0.39 is 15.8 Å². The van der Waals surface area contributed by atoms with Crippen LogP contribution in [0.2, 0.25) is 5.02 Å². The molecule has 0 bridgehead atoms. The van der Waals surface area contributed by atoms with Crippen molar-refractivity contribution in [3.05, 3.63) is 94.3 Å². The van der Waals surface area contributed by atoms with Crippen LogP contribution in [-0.2, 0) is 23.0 Å². The number of nitrogens with zero attached hydrogens (tertiary/aromatic N) is 1. The summed E-state index contributed by atoms with van der Waals surface area (Å²) in [6, 6.07) is 17.0. The highest BCUT2D eigenvalue weighted by Gasteiger charge is 2.19. The molecule has 3 rings (SSSR count). The van der Waals surface area contributed by atoms with E-state index in [1.807, 2.05) is 6.92 Å². The molecule has 6 nitrogen and oxygen atoms in total. The summed E-state index contributed by atoms with van der Waals surface area (Å²) in [5.41, 5.74) is 1.93. The summed E-state index contributed by atoms with van der Waals surface area (Å²) in [6.45, 7) is 2.96. The quantitative estimate of drug-likeness (QED) is 0.325. The number of carbonyl (C=O) groups excluding carboxylic acids is 1. The fourth-order valence-corrected chi connectivity index (χ4v) is 4.71. The lowest BCUT2D eigenvalue weighted by Crippen LogP contribution is -2.32. The fourth-order valence-electron chi connectivity index (χ4n) is 3.58. The molecule has 0 radical (unpaired) electrons. The second kappa shape index (κ2) is 13.2. The number of hydrogen-bond acceptors (Lipinski definition) is 4. The molecule has 3 aromatic rings. The number of ether oxygens (including phenoxy) is 1. The van der Waals surface area contributed by atoms with Crippen LogP contribution in [0.5, 0.6) is 5.75 Å². The van der Waals surface area contributed by atoms with Crippen molar-refractivity contribution in [2.45, 2.75) is 31.2 Å². The molecule has 1 N–H and O–H groups in total. The van der Waals surface area contributed by atoms with Gasteiger partial charge in [-0.1, -0.05) is 36.6 Å². The maximum Gasteiger partial charge on any atom is 0.254 e. The summed E-state index contributed by atoms with van der Waals surface area (Å²) in [5.74, 6) is 2.16. The van der Waals surface area contributed by atoms with Crippen molar-refractivity contribution in [3.8, 4) is 18.1 Å². The fraction of sp³-hybridized carbons (Fsp3) is 0.250. The molecule has 0 fully saturated rings. The Kier molecular flexibility index (Phi) is 10.1. The zero-order chi connectivity index (χ0) is 26.8. The molecule has 37 heavy (non-hydrogen) atoms. The first kappa shape index (κ1) is 28.2. The van der Waals surface area contributed by atoms with Crippen molar-refractivity contribution in [1.82, 2.24) is 9.62 Å². The maximum atomic E-state index is 13.5. The van der Waals surface area contributed by atoms with E-state index in [1.54, 1.807) is 35.2 Å². The number of rotatable bonds is 12. The van der Waals surface area contributed by atoms with Crippen molar-refractivity contribution < 1.29 is 22.3 Å². The minimum atomic E-state index is -3.69. The maximum absolute atomic E-state index is 13.5. The van der Waals surface area contributed by atoms with Crippen LogP contribution >= 0.6 is 11.6 Å². The van der Waals surface area contributed by atoms with Crippen molar-refractivity contribution in [1.29, 1.82) is 0 Å². The Morgan fingerprint density at radius 2 is 1.81 bits per heavy atom. The highest BCUT2D eigenvalue weighted by Crippen LogP contribution is 2.26. The number of sulfonamides is 1. The smallest absolute Gasteiger partial charge is 0.254 e. The summed E-state index contributed by atoms with van der Waals surface area (Å²) < 4.78 is 46.2. The van der Waals surface area contributed by atoms with Gasteiger partial charge in [-0.05, 0) is 73.0 Å². The number of amides is 1. The number of nitrogens with one attached hydrogen (secondary N) is 1. The Morgan fingerprint density at radius 1 is 1.11 bits per heavy atom. The van der Waals surface area contributed by atoms with Crippen LogP contribution in [0.1, 0.15) is 34.8 Å². The van der Waals surface area contributed by atoms with Gasteiger partial charge in [0.2, 0.25) is 10.0 Å². The first-order chi connectivity index (χ1) is 17.7. The third-order valence-electron chi connectivity index (χ3n) is 5.49. The molecule has 0 aromatic heterocycles. The zero-order valence-corrected chi connectivity index (χ0v) is 22.0. The average molecular weight is 542 g/mol. The van der Waals surface area contributed by atoms with Gasteiger partial charge in [0.15, 0.2) is 0 Å². The monoisotopic (exact) mass is 541 g/mol. The normalized spacial score (nSPS) is 11.1. The minimum Gasteiger partial charge on any atom is -0.493 e. The molecule has 0 saturated heterocycles. The highest BCUT2D eigenvalue weighted by atomic mass is 35.5. The van der Waals surface area contributed by atoms with E-state index in [-0.39, 0.29) is 23.9 Å². The van der Waals surface area contributed by atoms with Gasteiger partial charge in [-0.15, -0.1) is 6.42 Å². The lowest BCUT2D eigenvalue weighted by Gasteiger charge is -2.24. The van der Waals surface area contributed by atoms with Gasteiger partial charge in [0, 0.05) is 29.2 Å². The lowest BCUT2D eigenvalue weighted by molar-refractivity contribution is 0.0743. The third kappa shape index (κ3) is 8.05. The van der Waals surface area contributed by atoms with Gasteiger partial charge in [0.1, 0.15) is 11.6 Å². The van der Waals surface area contributed by atoms with Gasteiger partial charge >= 0.3 is 0 Å². The minimum absolute atomic E-state index is 0.0992. The molecule has 9 heteroatoms. The molecule has 194 valence electrons. The van der Waals surface area contributed by atoms with Crippen LogP contribution in [0, 0.1) is 18.2 Å². The molecule has 3 aromatic carbocycles. The predicted molar refractivity (Wildman–Crippen MR) is 143 cm³/mol. The van der Waals surface area contributed by atoms with E-state index in [4.69, 9.17) is 22.8 Å². The van der Waals surface area contributed by atoms with Crippen LogP contribution in [-0.4, -0.2) is 38.9 Å². The largest absolute Gasteiger partial charge is 0.493 e. The molecule has 0 heterocycles. The van der Waals surface area contributed by atoms with Crippen LogP contribution < -0.4 is 9.46 Å². The van der Waals surface area contributed by atoms with Gasteiger partial charge in [0.05, 0.1) is 18.0 Å². The third-order valence-corrected chi connectivity index (χ3v) is 7.14. The number of carbonyl (C=O) groups is 1. The lowest BCUT2D eigenvalue weighted by atomic mass is 10.1. The summed E-state index contributed by atoms with van der Waals surface area (Å²) in [5, 5.41) is 0.517. The summed E-state index contributed by atoms with van der Waals surface area (Å²) in [4.78, 5) is 15.1. The van der Waals surface area contributed by atoms with Crippen LogP contribution in [0.3, 0.4) is 0 Å². The van der Waals surface area contributed by atoms with Crippen molar-refractivity contribution >= 4 is 27.5 Å². The van der Waals surface area contributed by atoms with Gasteiger partial charge in [-0.25, -0.2) is 12.8 Å². The first-order valence-electron chi connectivity index (χ1n) is 11.7. The average Bonchev–Trinajstić information content (AvgIpc) is 2.89. The second-order valence-corrected chi connectivity index (χ2v) is 10.5. The Labute approximate surface area is 222 Å². The van der Waals surface area contributed by atoms with Crippen LogP contribution in [0.25, 0.3) is 0 Å². The molecule has 0 spiro atoms. The Balaban J connectivity index is 1.83. The van der Waals surface area contributed by atoms with Crippen molar-refractivity contribution in [2.75, 3.05) is 19.7 Å². The zero-order valence-electron chi connectivity index (χ0n) is 20.4. The van der Waals surface area contributed by atoms with E-state index in [2.05, 4.69) is 10.6 Å². The van der Waals surface area contributed by atoms with Crippen molar-refractivity contribution in [3.63, 3.8) is 0 Å². The standard InChI is InChI=1S/C28H28ClFN2O4S/c1-3-16-31-37(34,35)26-12-5-21(6-13-26)15-17-32(28(33)22-7-10-25(30)11-8-22)20-23-19-24(29)9-14-27(23)36-18-4-2/h1,5-14,19,31H,4,15-18,20H2,2H3/i30-1. The van der Waals surface area contributed by atoms with Gasteiger partial charge in [-0.3, -0.25) is 4.79 Å². The Hall–Kier alpha value is -3.38.